The largest absolute Gasteiger partial charge is 0.310 e. The summed E-state index contributed by atoms with van der Waals surface area (Å²) >= 11 is 0. The molecule has 0 unspecified atom stereocenters. The zero-order valence-electron chi connectivity index (χ0n) is 53.7. The molecule has 4 aliphatic rings. The van der Waals surface area contributed by atoms with Crippen molar-refractivity contribution in [3.8, 4) is 44.5 Å². The average molecular weight is 1220 g/mol. The molecule has 0 atom stereocenters. The fraction of sp³-hybridized carbons (Fsp3) is 0.0638. The predicted molar refractivity (Wildman–Crippen MR) is 402 cm³/mol. The fourth-order valence-corrected chi connectivity index (χ4v) is 18.4. The summed E-state index contributed by atoms with van der Waals surface area (Å²) in [5, 5.41) is 10.1. The highest BCUT2D eigenvalue weighted by molar-refractivity contribution is 6.14. The van der Waals surface area contributed by atoms with Crippen LogP contribution in [0.3, 0.4) is 0 Å². The molecule has 0 saturated carbocycles. The summed E-state index contributed by atoms with van der Waals surface area (Å²) in [6.45, 7) is 6.67. The Morgan fingerprint density at radius 1 is 0.260 bits per heavy atom. The van der Waals surface area contributed by atoms with E-state index in [4.69, 9.17) is 0 Å². The number of nitrogens with zero attached hydrogens (tertiary/aromatic N) is 2. The Labute approximate surface area is 559 Å². The van der Waals surface area contributed by atoms with Gasteiger partial charge in [0.25, 0.3) is 0 Å². The van der Waals surface area contributed by atoms with Crippen LogP contribution in [0.25, 0.3) is 87.6 Å². The molecule has 16 aromatic carbocycles. The van der Waals surface area contributed by atoms with Crippen LogP contribution in [0.1, 0.15) is 72.3 Å². The lowest BCUT2D eigenvalue weighted by molar-refractivity contribution is 0.802. The van der Waals surface area contributed by atoms with Gasteiger partial charge < -0.3 is 9.80 Å². The minimum absolute atomic E-state index is 0.486. The van der Waals surface area contributed by atoms with Gasteiger partial charge in [0.15, 0.2) is 0 Å². The van der Waals surface area contributed by atoms with Crippen LogP contribution in [0.4, 0.5) is 34.1 Å². The number of anilines is 6. The number of aryl methyl sites for hydroxylation is 3. The molecule has 2 heteroatoms. The Morgan fingerprint density at radius 3 is 1.32 bits per heavy atom. The van der Waals surface area contributed by atoms with Gasteiger partial charge >= 0.3 is 0 Å². The first-order valence-electron chi connectivity index (χ1n) is 33.8. The molecule has 0 saturated heterocycles. The van der Waals surface area contributed by atoms with Crippen LogP contribution in [-0.2, 0) is 17.3 Å². The third kappa shape index (κ3) is 7.53. The molecule has 2 spiro atoms. The summed E-state index contributed by atoms with van der Waals surface area (Å²) in [5.41, 5.74) is 33.5. The van der Waals surface area contributed by atoms with Crippen LogP contribution in [0.15, 0.2) is 322 Å². The van der Waals surface area contributed by atoms with E-state index < -0.39 is 10.8 Å². The van der Waals surface area contributed by atoms with Crippen LogP contribution >= 0.6 is 0 Å². The van der Waals surface area contributed by atoms with Gasteiger partial charge in [0, 0.05) is 34.1 Å². The maximum Gasteiger partial charge on any atom is 0.0731 e. The minimum atomic E-state index is -0.542. The van der Waals surface area contributed by atoms with E-state index in [2.05, 4.69) is 352 Å². The van der Waals surface area contributed by atoms with Crippen LogP contribution in [-0.4, -0.2) is 0 Å². The number of hydrogen-bond acceptors (Lipinski definition) is 2. The molecule has 450 valence electrons. The smallest absolute Gasteiger partial charge is 0.0731 e. The van der Waals surface area contributed by atoms with Crippen LogP contribution < -0.4 is 9.80 Å². The molecule has 0 fully saturated rings. The van der Waals surface area contributed by atoms with Gasteiger partial charge in [-0.15, -0.1) is 0 Å². The van der Waals surface area contributed by atoms with Crippen LogP contribution in [0, 0.1) is 20.8 Å². The lowest BCUT2D eigenvalue weighted by atomic mass is 9.69. The Balaban J connectivity index is 0.731. The van der Waals surface area contributed by atoms with Gasteiger partial charge in [-0.2, -0.15) is 0 Å². The van der Waals surface area contributed by atoms with E-state index >= 15 is 0 Å². The molecule has 16 aromatic rings. The molecule has 0 radical (unpaired) electrons. The minimum Gasteiger partial charge on any atom is -0.310 e. The van der Waals surface area contributed by atoms with Crippen LogP contribution in [0.5, 0.6) is 0 Å². The first-order valence-corrected chi connectivity index (χ1v) is 33.8. The summed E-state index contributed by atoms with van der Waals surface area (Å²) in [4.78, 5) is 4.90. The van der Waals surface area contributed by atoms with E-state index in [-0.39, 0.29) is 0 Å². The van der Waals surface area contributed by atoms with Gasteiger partial charge in [-0.05, 0) is 248 Å². The summed E-state index contributed by atoms with van der Waals surface area (Å²) in [7, 11) is 0. The molecule has 4 aliphatic carbocycles. The van der Waals surface area contributed by atoms with E-state index in [1.807, 2.05) is 0 Å². The second kappa shape index (κ2) is 20.6. The van der Waals surface area contributed by atoms with Crippen molar-refractivity contribution in [3.63, 3.8) is 0 Å². The standard InChI is InChI=1S/C94H64N2/c1-58-37-50-88(60(3)51-58)96(67-25-8-5-9-26-67)69-42-46-74-65(57-69)39-44-81-90-79-32-20-22-63(71(79)47-49-87(90)94(92(74)81)84-35-18-14-30-77(84)78-31-15-19-36-85(78)94)54-61-52-59(2)53-70(55-61)95(66-23-6-4-7-24-66)68-41-45-73-64(56-68)38-43-80-89-72-27-11-10-21-62(72)40-48-86(89)93(91(73)80)82-33-16-12-28-75(82)76-29-13-17-34-83(76)93/h4-53,55-57H,54H2,1-3H3. The third-order valence-corrected chi connectivity index (χ3v) is 22.0. The normalized spacial score (nSPS) is 13.6. The van der Waals surface area contributed by atoms with Gasteiger partial charge in [-0.1, -0.05) is 260 Å². The van der Waals surface area contributed by atoms with Gasteiger partial charge in [0.2, 0.25) is 0 Å². The Bertz CT molecular complexity index is 5900. The zero-order chi connectivity index (χ0) is 63.5. The molecular weight excluding hydrogens is 1160 g/mol. The molecular formula is C94H64N2. The molecule has 96 heavy (non-hydrogen) atoms. The van der Waals surface area contributed by atoms with E-state index in [0.717, 1.165) is 34.9 Å². The molecule has 0 amide bonds. The zero-order valence-corrected chi connectivity index (χ0v) is 53.7. The Morgan fingerprint density at radius 2 is 0.740 bits per heavy atom. The highest BCUT2D eigenvalue weighted by Gasteiger charge is 2.54. The van der Waals surface area contributed by atoms with Crippen molar-refractivity contribution in [1.82, 2.24) is 0 Å². The van der Waals surface area contributed by atoms with Gasteiger partial charge in [-0.25, -0.2) is 0 Å². The summed E-state index contributed by atoms with van der Waals surface area (Å²) in [6, 6.07) is 122. The Hall–Kier alpha value is -11.8. The number of rotatable bonds is 8. The molecule has 2 nitrogen and oxygen atoms in total. The molecule has 0 aromatic heterocycles. The van der Waals surface area contributed by atoms with Gasteiger partial charge in [0.05, 0.1) is 10.8 Å². The van der Waals surface area contributed by atoms with Crippen molar-refractivity contribution in [3.05, 3.63) is 394 Å². The fourth-order valence-electron chi connectivity index (χ4n) is 18.4. The molecule has 0 N–H and O–H groups in total. The number of para-hydroxylation sites is 2. The maximum atomic E-state index is 2.50. The average Bonchev–Trinajstić information content (AvgIpc) is 1.51. The van der Waals surface area contributed by atoms with Crippen molar-refractivity contribution in [2.75, 3.05) is 9.80 Å². The molecule has 20 rings (SSSR count). The number of fused-ring (bicyclic) bond motifs is 28. The van der Waals surface area contributed by atoms with E-state index in [0.29, 0.717) is 0 Å². The lowest BCUT2D eigenvalue weighted by Crippen LogP contribution is -2.26. The predicted octanol–water partition coefficient (Wildman–Crippen LogP) is 24.4. The molecule has 0 bridgehead atoms. The SMILES string of the molecule is Cc1cc(Cc2cccc3c4c(ccc23)C2(c3ccccc3-c3ccccc32)c2c-4ccc3cc(N(c4ccccc4)c4ccc(C)cc4C)ccc23)cc(N(c2ccccc2)c2ccc3c4c(ccc3c2)-c2c(ccc3ccccc23)C42c3ccccc3-c3ccccc32)c1. The third-order valence-electron chi connectivity index (χ3n) is 22.0. The summed E-state index contributed by atoms with van der Waals surface area (Å²) in [6.07, 6.45) is 0.764. The van der Waals surface area contributed by atoms with Crippen molar-refractivity contribution in [1.29, 1.82) is 0 Å². The van der Waals surface area contributed by atoms with Gasteiger partial charge in [0.1, 0.15) is 0 Å². The first kappa shape index (κ1) is 54.7. The number of hydrogen-bond donors (Lipinski definition) is 0. The monoisotopic (exact) mass is 1220 g/mol. The first-order chi connectivity index (χ1) is 47.3. The second-order valence-corrected chi connectivity index (χ2v) is 27.2. The van der Waals surface area contributed by atoms with E-state index in [1.165, 1.54) is 166 Å². The van der Waals surface area contributed by atoms with E-state index in [9.17, 15) is 0 Å². The summed E-state index contributed by atoms with van der Waals surface area (Å²) < 4.78 is 0. The van der Waals surface area contributed by atoms with E-state index in [1.54, 1.807) is 0 Å². The van der Waals surface area contributed by atoms with Crippen LogP contribution in [0.2, 0.25) is 0 Å². The van der Waals surface area contributed by atoms with Gasteiger partial charge in [-0.3, -0.25) is 0 Å². The maximum absolute atomic E-state index is 2.50. The van der Waals surface area contributed by atoms with Crippen molar-refractivity contribution in [2.45, 2.75) is 38.0 Å². The molecule has 0 aliphatic heterocycles. The number of benzene rings is 16. The Kier molecular flexibility index (Phi) is 11.7. The highest BCUT2D eigenvalue weighted by atomic mass is 15.1. The topological polar surface area (TPSA) is 6.48 Å². The van der Waals surface area contributed by atoms with Crippen molar-refractivity contribution < 1.29 is 0 Å². The molecule has 0 heterocycles. The lowest BCUT2D eigenvalue weighted by Gasteiger charge is -2.32. The highest BCUT2D eigenvalue weighted by Crippen LogP contribution is 2.67. The second-order valence-electron chi connectivity index (χ2n) is 27.2. The van der Waals surface area contributed by atoms with Crippen molar-refractivity contribution >= 4 is 77.2 Å². The quantitative estimate of drug-likeness (QED) is 0.150. The van der Waals surface area contributed by atoms with Crippen molar-refractivity contribution in [2.24, 2.45) is 0 Å². The summed E-state index contributed by atoms with van der Waals surface area (Å²) in [5.74, 6) is 0.